The summed E-state index contributed by atoms with van der Waals surface area (Å²) in [5.41, 5.74) is 4.05. The fraction of sp³-hybridized carbons (Fsp3) is 0.235. The molecule has 0 spiro atoms. The molecule has 0 aromatic heterocycles. The first-order valence-corrected chi connectivity index (χ1v) is 7.42. The van der Waals surface area contributed by atoms with E-state index in [1.807, 2.05) is 18.2 Å². The van der Waals surface area contributed by atoms with Crippen LogP contribution in [0.2, 0.25) is 0 Å². The Kier molecular flexibility index (Phi) is 4.81. The minimum absolute atomic E-state index is 0.548. The van der Waals surface area contributed by atoms with Crippen LogP contribution in [-0.4, -0.2) is 0 Å². The van der Waals surface area contributed by atoms with E-state index >= 15 is 0 Å². The predicted molar refractivity (Wildman–Crippen MR) is 86.7 cm³/mol. The van der Waals surface area contributed by atoms with E-state index in [0.717, 1.165) is 10.2 Å². The maximum absolute atomic E-state index is 9.17. The molecule has 2 aromatic rings. The first kappa shape index (κ1) is 14.6. The van der Waals surface area contributed by atoms with Crippen molar-refractivity contribution in [1.29, 1.82) is 5.26 Å². The van der Waals surface area contributed by atoms with Gasteiger partial charge in [0.2, 0.25) is 0 Å². The van der Waals surface area contributed by atoms with Crippen LogP contribution in [0.4, 0.5) is 5.69 Å². The van der Waals surface area contributed by atoms with Crippen molar-refractivity contribution < 1.29 is 0 Å². The Balaban J connectivity index is 2.09. The Hall–Kier alpha value is -1.79. The zero-order chi connectivity index (χ0) is 14.5. The summed E-state index contributed by atoms with van der Waals surface area (Å²) in [4.78, 5) is 0. The lowest BCUT2D eigenvalue weighted by Gasteiger charge is -2.10. The Bertz CT molecular complexity index is 624. The number of benzene rings is 2. The number of nitrogens with one attached hydrogen (secondary N) is 1. The molecule has 2 rings (SSSR count). The average Bonchev–Trinajstić information content (AvgIpc) is 2.45. The van der Waals surface area contributed by atoms with Gasteiger partial charge < -0.3 is 5.32 Å². The van der Waals surface area contributed by atoms with Gasteiger partial charge in [0.25, 0.3) is 0 Å². The third-order valence-electron chi connectivity index (χ3n) is 3.25. The predicted octanol–water partition coefficient (Wildman–Crippen LogP) is 5.06. The molecule has 20 heavy (non-hydrogen) atoms. The summed E-state index contributed by atoms with van der Waals surface area (Å²) in [5.74, 6) is 0.548. The van der Waals surface area contributed by atoms with E-state index in [-0.39, 0.29) is 0 Å². The van der Waals surface area contributed by atoms with Crippen molar-refractivity contribution in [2.24, 2.45) is 0 Å². The van der Waals surface area contributed by atoms with Gasteiger partial charge in [0.15, 0.2) is 0 Å². The fourth-order valence-corrected chi connectivity index (χ4v) is 2.46. The number of anilines is 1. The highest BCUT2D eigenvalue weighted by molar-refractivity contribution is 9.10. The Morgan fingerprint density at radius 1 is 1.15 bits per heavy atom. The Morgan fingerprint density at radius 3 is 2.45 bits per heavy atom. The van der Waals surface area contributed by atoms with Crippen molar-refractivity contribution in [3.63, 3.8) is 0 Å². The third kappa shape index (κ3) is 3.40. The van der Waals surface area contributed by atoms with Crippen LogP contribution in [0.15, 0.2) is 46.9 Å². The van der Waals surface area contributed by atoms with Crippen molar-refractivity contribution in [3.8, 4) is 6.07 Å². The maximum Gasteiger partial charge on any atom is 0.103 e. The van der Waals surface area contributed by atoms with Gasteiger partial charge in [0, 0.05) is 11.0 Å². The first-order valence-electron chi connectivity index (χ1n) is 6.63. The van der Waals surface area contributed by atoms with Crippen LogP contribution < -0.4 is 5.32 Å². The largest absolute Gasteiger partial charge is 0.380 e. The molecule has 0 saturated heterocycles. The molecule has 0 aliphatic carbocycles. The average molecular weight is 329 g/mol. The molecule has 102 valence electrons. The maximum atomic E-state index is 9.17. The molecular formula is C17H17BrN2. The smallest absolute Gasteiger partial charge is 0.103 e. The lowest BCUT2D eigenvalue weighted by Crippen LogP contribution is -2.02. The summed E-state index contributed by atoms with van der Waals surface area (Å²) in [6, 6.07) is 16.5. The van der Waals surface area contributed by atoms with Crippen LogP contribution in [0.3, 0.4) is 0 Å². The molecule has 2 aromatic carbocycles. The van der Waals surface area contributed by atoms with Crippen LogP contribution in [-0.2, 0) is 6.54 Å². The van der Waals surface area contributed by atoms with Gasteiger partial charge in [-0.1, -0.05) is 44.2 Å². The number of nitriles is 1. The van der Waals surface area contributed by atoms with Gasteiger partial charge >= 0.3 is 0 Å². The minimum Gasteiger partial charge on any atom is -0.380 e. The van der Waals surface area contributed by atoms with Crippen LogP contribution >= 0.6 is 15.9 Å². The zero-order valence-electron chi connectivity index (χ0n) is 11.7. The van der Waals surface area contributed by atoms with Gasteiger partial charge in [-0.15, -0.1) is 0 Å². The molecule has 1 N–H and O–H groups in total. The summed E-state index contributed by atoms with van der Waals surface area (Å²) in [5, 5.41) is 12.5. The standard InChI is InChI=1S/C17H17BrN2/c1-12(2)14-8-6-13(7-9-14)11-20-17-5-3-4-16(18)15(17)10-19/h3-9,12,20H,11H2,1-2H3. The number of rotatable bonds is 4. The lowest BCUT2D eigenvalue weighted by atomic mass is 10.0. The third-order valence-corrected chi connectivity index (χ3v) is 3.92. The van der Waals surface area contributed by atoms with E-state index in [1.165, 1.54) is 11.1 Å². The second kappa shape index (κ2) is 6.58. The number of hydrogen-bond acceptors (Lipinski definition) is 2. The molecule has 0 aliphatic heterocycles. The molecule has 0 radical (unpaired) electrons. The SMILES string of the molecule is CC(C)c1ccc(CNc2cccc(Br)c2C#N)cc1. The van der Waals surface area contributed by atoms with Gasteiger partial charge in [-0.05, 0) is 45.1 Å². The molecule has 0 heterocycles. The van der Waals surface area contributed by atoms with Crippen molar-refractivity contribution in [1.82, 2.24) is 0 Å². The molecule has 0 saturated carbocycles. The minimum atomic E-state index is 0.548. The van der Waals surface area contributed by atoms with Gasteiger partial charge in [-0.2, -0.15) is 5.26 Å². The van der Waals surface area contributed by atoms with Crippen molar-refractivity contribution >= 4 is 21.6 Å². The molecule has 0 aliphatic rings. The zero-order valence-corrected chi connectivity index (χ0v) is 13.2. The molecular weight excluding hydrogens is 312 g/mol. The van der Waals surface area contributed by atoms with Crippen molar-refractivity contribution in [2.45, 2.75) is 26.3 Å². The molecule has 0 fully saturated rings. The Morgan fingerprint density at radius 2 is 1.85 bits per heavy atom. The van der Waals surface area contributed by atoms with E-state index in [0.29, 0.717) is 18.0 Å². The van der Waals surface area contributed by atoms with Crippen molar-refractivity contribution in [3.05, 3.63) is 63.6 Å². The van der Waals surface area contributed by atoms with Crippen LogP contribution in [0.1, 0.15) is 36.5 Å². The highest BCUT2D eigenvalue weighted by Crippen LogP contribution is 2.24. The van der Waals surface area contributed by atoms with Gasteiger partial charge in [0.05, 0.1) is 11.3 Å². The highest BCUT2D eigenvalue weighted by Gasteiger charge is 2.05. The summed E-state index contributed by atoms with van der Waals surface area (Å²) in [6.07, 6.45) is 0. The normalized spacial score (nSPS) is 10.3. The topological polar surface area (TPSA) is 35.8 Å². The highest BCUT2D eigenvalue weighted by atomic mass is 79.9. The molecule has 0 bridgehead atoms. The summed E-state index contributed by atoms with van der Waals surface area (Å²) in [7, 11) is 0. The van der Waals surface area contributed by atoms with Gasteiger partial charge in [-0.3, -0.25) is 0 Å². The van der Waals surface area contributed by atoms with E-state index in [2.05, 4.69) is 65.4 Å². The van der Waals surface area contributed by atoms with Crippen LogP contribution in [0, 0.1) is 11.3 Å². The van der Waals surface area contributed by atoms with E-state index in [4.69, 9.17) is 0 Å². The number of hydrogen-bond donors (Lipinski definition) is 1. The molecule has 3 heteroatoms. The quantitative estimate of drug-likeness (QED) is 0.851. The monoisotopic (exact) mass is 328 g/mol. The molecule has 0 unspecified atom stereocenters. The van der Waals surface area contributed by atoms with E-state index < -0.39 is 0 Å². The van der Waals surface area contributed by atoms with Gasteiger partial charge in [0.1, 0.15) is 6.07 Å². The summed E-state index contributed by atoms with van der Waals surface area (Å²) >= 11 is 3.40. The van der Waals surface area contributed by atoms with Crippen molar-refractivity contribution in [2.75, 3.05) is 5.32 Å². The molecule has 0 atom stereocenters. The second-order valence-corrected chi connectivity index (χ2v) is 5.88. The lowest BCUT2D eigenvalue weighted by molar-refractivity contribution is 0.865. The van der Waals surface area contributed by atoms with E-state index in [9.17, 15) is 5.26 Å². The molecule has 2 nitrogen and oxygen atoms in total. The van der Waals surface area contributed by atoms with Crippen LogP contribution in [0.25, 0.3) is 0 Å². The Labute approximate surface area is 128 Å². The van der Waals surface area contributed by atoms with Crippen LogP contribution in [0.5, 0.6) is 0 Å². The summed E-state index contributed by atoms with van der Waals surface area (Å²) < 4.78 is 0.820. The number of halogens is 1. The van der Waals surface area contributed by atoms with E-state index in [1.54, 1.807) is 0 Å². The number of nitrogens with zero attached hydrogens (tertiary/aromatic N) is 1. The van der Waals surface area contributed by atoms with Gasteiger partial charge in [-0.25, -0.2) is 0 Å². The first-order chi connectivity index (χ1) is 9.61. The fourth-order valence-electron chi connectivity index (χ4n) is 2.00. The molecule has 0 amide bonds. The summed E-state index contributed by atoms with van der Waals surface area (Å²) in [6.45, 7) is 5.09. The second-order valence-electron chi connectivity index (χ2n) is 5.02.